The van der Waals surface area contributed by atoms with Gasteiger partial charge in [0.25, 0.3) is 0 Å². The van der Waals surface area contributed by atoms with Crippen LogP contribution in [0.25, 0.3) is 11.6 Å². The summed E-state index contributed by atoms with van der Waals surface area (Å²) in [5.41, 5.74) is 8.82. The lowest BCUT2D eigenvalue weighted by atomic mass is 9.97. The number of piperazine rings is 1. The van der Waals surface area contributed by atoms with Crippen molar-refractivity contribution in [2.45, 2.75) is 40.5 Å². The number of benzene rings is 2. The third-order valence-electron chi connectivity index (χ3n) is 6.52. The second-order valence-corrected chi connectivity index (χ2v) is 9.05. The monoisotopic (exact) mass is 432 g/mol. The van der Waals surface area contributed by atoms with Gasteiger partial charge in [0.15, 0.2) is 0 Å². The van der Waals surface area contributed by atoms with E-state index in [0.717, 1.165) is 67.1 Å². The summed E-state index contributed by atoms with van der Waals surface area (Å²) in [6.07, 6.45) is 5.86. The van der Waals surface area contributed by atoms with Crippen molar-refractivity contribution in [1.82, 2.24) is 9.80 Å². The molecule has 0 amide bonds. The molecule has 170 valence electrons. The molecule has 0 N–H and O–H groups in total. The number of hydrogen-bond acceptors (Lipinski definition) is 2. The van der Waals surface area contributed by atoms with Crippen LogP contribution in [0.15, 0.2) is 55.3 Å². The molecule has 0 atom stereocenters. The van der Waals surface area contributed by atoms with E-state index in [1.54, 1.807) is 6.07 Å². The normalized spacial score (nSPS) is 14.8. The fraction of sp³-hybridized carbons (Fsp3) is 0.379. The molecule has 0 spiro atoms. The summed E-state index contributed by atoms with van der Waals surface area (Å²) < 4.78 is 14.4. The average Bonchev–Trinajstić information content (AvgIpc) is 2.76. The largest absolute Gasteiger partial charge is 0.372 e. The summed E-state index contributed by atoms with van der Waals surface area (Å²) in [6.45, 7) is 21.4. The van der Waals surface area contributed by atoms with Crippen molar-refractivity contribution < 1.29 is 4.39 Å². The predicted molar refractivity (Wildman–Crippen MR) is 136 cm³/mol. The van der Waals surface area contributed by atoms with Crippen LogP contribution in [0.1, 0.15) is 47.2 Å². The molecule has 1 saturated heterocycles. The standard InChI is InChI=1S/C29H37FN2/c1-7-8-26-20-25(9-10-28(26)21(2)3)11-12-31-13-15-32(16-14-31)24(6)19-27-17-22(4)23(5)18-29(27)30/h7-10,17-18,20H,2,6,11-16,19H2,1,3-5H3/b8-7-. The van der Waals surface area contributed by atoms with Gasteiger partial charge in [-0.25, -0.2) is 4.39 Å². The summed E-state index contributed by atoms with van der Waals surface area (Å²) >= 11 is 0. The van der Waals surface area contributed by atoms with Gasteiger partial charge in [-0.05, 0) is 73.6 Å². The Morgan fingerprint density at radius 2 is 1.72 bits per heavy atom. The van der Waals surface area contributed by atoms with Crippen molar-refractivity contribution >= 4 is 11.6 Å². The summed E-state index contributed by atoms with van der Waals surface area (Å²) in [6, 6.07) is 10.3. The maximum atomic E-state index is 14.4. The predicted octanol–water partition coefficient (Wildman–Crippen LogP) is 6.43. The van der Waals surface area contributed by atoms with E-state index in [1.165, 1.54) is 16.7 Å². The molecule has 0 unspecified atom stereocenters. The van der Waals surface area contributed by atoms with Gasteiger partial charge >= 0.3 is 0 Å². The molecule has 0 radical (unpaired) electrons. The molecular weight excluding hydrogens is 395 g/mol. The van der Waals surface area contributed by atoms with Crippen molar-refractivity contribution in [3.05, 3.63) is 94.5 Å². The van der Waals surface area contributed by atoms with Crippen LogP contribution in [0.3, 0.4) is 0 Å². The van der Waals surface area contributed by atoms with E-state index in [4.69, 9.17) is 0 Å². The van der Waals surface area contributed by atoms with E-state index in [0.29, 0.717) is 6.42 Å². The molecule has 1 fully saturated rings. The molecule has 3 rings (SSSR count). The molecule has 2 aromatic rings. The highest BCUT2D eigenvalue weighted by molar-refractivity contribution is 5.72. The molecule has 2 aromatic carbocycles. The fourth-order valence-electron chi connectivity index (χ4n) is 4.36. The first-order chi connectivity index (χ1) is 15.3. The van der Waals surface area contributed by atoms with Gasteiger partial charge in [-0.1, -0.05) is 55.1 Å². The molecule has 0 saturated carbocycles. The first kappa shape index (κ1) is 24.0. The van der Waals surface area contributed by atoms with E-state index < -0.39 is 0 Å². The number of hydrogen-bond donors (Lipinski definition) is 0. The molecule has 0 bridgehead atoms. The Bertz CT molecular complexity index is 1010. The number of rotatable bonds is 8. The molecule has 32 heavy (non-hydrogen) atoms. The molecular formula is C29H37FN2. The topological polar surface area (TPSA) is 6.48 Å². The molecule has 0 aromatic heterocycles. The van der Waals surface area contributed by atoms with Gasteiger partial charge in [0.05, 0.1) is 0 Å². The minimum absolute atomic E-state index is 0.122. The van der Waals surface area contributed by atoms with Gasteiger partial charge in [-0.2, -0.15) is 0 Å². The Balaban J connectivity index is 1.52. The van der Waals surface area contributed by atoms with Crippen LogP contribution in [0.5, 0.6) is 0 Å². The Hall–Kier alpha value is -2.65. The van der Waals surface area contributed by atoms with Crippen molar-refractivity contribution in [3.63, 3.8) is 0 Å². The number of allylic oxidation sites excluding steroid dienone is 3. The lowest BCUT2D eigenvalue weighted by molar-refractivity contribution is 0.158. The van der Waals surface area contributed by atoms with Gasteiger partial charge in [0.1, 0.15) is 5.82 Å². The van der Waals surface area contributed by atoms with Crippen molar-refractivity contribution in [3.8, 4) is 0 Å². The van der Waals surface area contributed by atoms with E-state index in [9.17, 15) is 4.39 Å². The van der Waals surface area contributed by atoms with Crippen LogP contribution < -0.4 is 0 Å². The molecule has 1 heterocycles. The second kappa shape index (κ2) is 10.8. The number of nitrogens with zero attached hydrogens (tertiary/aromatic N) is 2. The fourth-order valence-corrected chi connectivity index (χ4v) is 4.36. The third kappa shape index (κ3) is 5.98. The van der Waals surface area contributed by atoms with Gasteiger partial charge in [-0.15, -0.1) is 0 Å². The SMILES string of the molecule is C=C(C)c1ccc(CCN2CCN(C(=C)Cc3cc(C)c(C)cc3F)CC2)cc1/C=C\C. The maximum absolute atomic E-state index is 14.4. The molecule has 2 nitrogen and oxygen atoms in total. The molecule has 3 heteroatoms. The number of halogens is 1. The summed E-state index contributed by atoms with van der Waals surface area (Å²) in [7, 11) is 0. The minimum Gasteiger partial charge on any atom is -0.372 e. The zero-order valence-corrected chi connectivity index (χ0v) is 20.2. The van der Waals surface area contributed by atoms with Crippen LogP contribution in [-0.4, -0.2) is 42.5 Å². The molecule has 1 aliphatic rings. The first-order valence-electron chi connectivity index (χ1n) is 11.6. The highest BCUT2D eigenvalue weighted by Crippen LogP contribution is 2.22. The molecule has 1 aliphatic heterocycles. The molecule has 0 aliphatic carbocycles. The van der Waals surface area contributed by atoms with Gasteiger partial charge in [-0.3, -0.25) is 4.90 Å². The Labute approximate surface area is 193 Å². The van der Waals surface area contributed by atoms with E-state index in [-0.39, 0.29) is 5.82 Å². The Morgan fingerprint density at radius 1 is 1.03 bits per heavy atom. The minimum atomic E-state index is -0.122. The summed E-state index contributed by atoms with van der Waals surface area (Å²) in [5.74, 6) is -0.122. The van der Waals surface area contributed by atoms with E-state index in [2.05, 4.69) is 67.2 Å². The van der Waals surface area contributed by atoms with Crippen LogP contribution in [0.2, 0.25) is 0 Å². The lowest BCUT2D eigenvalue weighted by Crippen LogP contribution is -2.46. The van der Waals surface area contributed by atoms with Gasteiger partial charge < -0.3 is 4.90 Å². The van der Waals surface area contributed by atoms with Crippen LogP contribution in [0.4, 0.5) is 4.39 Å². The third-order valence-corrected chi connectivity index (χ3v) is 6.52. The highest BCUT2D eigenvalue weighted by atomic mass is 19.1. The maximum Gasteiger partial charge on any atom is 0.127 e. The van der Waals surface area contributed by atoms with Crippen LogP contribution in [0, 0.1) is 19.7 Å². The second-order valence-electron chi connectivity index (χ2n) is 9.05. The van der Waals surface area contributed by atoms with Crippen LogP contribution >= 0.6 is 0 Å². The summed E-state index contributed by atoms with van der Waals surface area (Å²) in [4.78, 5) is 4.83. The van der Waals surface area contributed by atoms with E-state index >= 15 is 0 Å². The first-order valence-corrected chi connectivity index (χ1v) is 11.6. The van der Waals surface area contributed by atoms with Gasteiger partial charge in [0.2, 0.25) is 0 Å². The van der Waals surface area contributed by atoms with Crippen molar-refractivity contribution in [2.24, 2.45) is 0 Å². The Kier molecular flexibility index (Phi) is 8.09. The highest BCUT2D eigenvalue weighted by Gasteiger charge is 2.19. The van der Waals surface area contributed by atoms with Crippen molar-refractivity contribution in [1.29, 1.82) is 0 Å². The van der Waals surface area contributed by atoms with Crippen LogP contribution in [-0.2, 0) is 12.8 Å². The average molecular weight is 433 g/mol. The zero-order valence-electron chi connectivity index (χ0n) is 20.2. The lowest BCUT2D eigenvalue weighted by Gasteiger charge is -2.37. The number of aryl methyl sites for hydroxylation is 2. The smallest absolute Gasteiger partial charge is 0.127 e. The van der Waals surface area contributed by atoms with Crippen molar-refractivity contribution in [2.75, 3.05) is 32.7 Å². The summed E-state index contributed by atoms with van der Waals surface area (Å²) in [5, 5.41) is 0. The van der Waals surface area contributed by atoms with E-state index in [1.807, 2.05) is 19.9 Å². The van der Waals surface area contributed by atoms with Gasteiger partial charge in [0, 0.05) is 44.8 Å². The Morgan fingerprint density at radius 3 is 2.38 bits per heavy atom. The zero-order chi connectivity index (χ0) is 23.3. The quantitative estimate of drug-likeness (QED) is 0.474.